The van der Waals surface area contributed by atoms with Crippen LogP contribution in [0.4, 0.5) is 0 Å². The Morgan fingerprint density at radius 3 is 2.88 bits per heavy atom. The van der Waals surface area contributed by atoms with Crippen molar-refractivity contribution in [1.29, 1.82) is 0 Å². The maximum atomic E-state index is 10.5. The number of nitrogens with zero attached hydrogens (tertiary/aromatic N) is 3. The highest BCUT2D eigenvalue weighted by Gasteiger charge is 2.10. The fourth-order valence-corrected chi connectivity index (χ4v) is 3.17. The van der Waals surface area contributed by atoms with E-state index in [2.05, 4.69) is 38.3 Å². The van der Waals surface area contributed by atoms with Crippen molar-refractivity contribution in [3.63, 3.8) is 0 Å². The minimum absolute atomic E-state index is 0.219. The Morgan fingerprint density at radius 1 is 1.20 bits per heavy atom. The van der Waals surface area contributed by atoms with Crippen molar-refractivity contribution in [3.8, 4) is 5.75 Å². The molecule has 1 fully saturated rings. The van der Waals surface area contributed by atoms with E-state index in [0.717, 1.165) is 37.4 Å². The average molecular weight is 342 g/mol. The van der Waals surface area contributed by atoms with E-state index in [1.54, 1.807) is 0 Å². The van der Waals surface area contributed by atoms with Crippen LogP contribution in [-0.2, 0) is 13.0 Å². The first-order chi connectivity index (χ1) is 12.3. The molecule has 1 N–H and O–H groups in total. The summed E-state index contributed by atoms with van der Waals surface area (Å²) >= 11 is 0. The van der Waals surface area contributed by atoms with Gasteiger partial charge in [0, 0.05) is 13.0 Å². The number of hydrogen-bond acceptors (Lipinski definition) is 5. The van der Waals surface area contributed by atoms with Gasteiger partial charge in [-0.25, -0.2) is 4.98 Å². The first-order valence-electron chi connectivity index (χ1n) is 9.14. The van der Waals surface area contributed by atoms with Crippen molar-refractivity contribution in [2.45, 2.75) is 45.1 Å². The van der Waals surface area contributed by atoms with Gasteiger partial charge in [0.1, 0.15) is 11.6 Å². The summed E-state index contributed by atoms with van der Waals surface area (Å²) in [5, 5.41) is 6.57. The van der Waals surface area contributed by atoms with Crippen molar-refractivity contribution < 1.29 is 9.53 Å². The predicted octanol–water partition coefficient (Wildman–Crippen LogP) is 3.00. The quantitative estimate of drug-likeness (QED) is 0.560. The van der Waals surface area contributed by atoms with Crippen LogP contribution >= 0.6 is 0 Å². The first kappa shape index (κ1) is 17.6. The van der Waals surface area contributed by atoms with Gasteiger partial charge in [-0.15, -0.1) is 0 Å². The summed E-state index contributed by atoms with van der Waals surface area (Å²) in [6.45, 7) is 4.11. The van der Waals surface area contributed by atoms with E-state index in [-0.39, 0.29) is 5.82 Å². The fraction of sp³-hybridized carbons (Fsp3) is 0.526. The van der Waals surface area contributed by atoms with Crippen molar-refractivity contribution in [3.05, 3.63) is 41.5 Å². The summed E-state index contributed by atoms with van der Waals surface area (Å²) in [4.78, 5) is 17.1. The minimum Gasteiger partial charge on any atom is -0.494 e. The molecule has 0 radical (unpaired) electrons. The third-order valence-electron chi connectivity index (χ3n) is 4.48. The Hall–Kier alpha value is -2.21. The van der Waals surface area contributed by atoms with Gasteiger partial charge >= 0.3 is 0 Å². The van der Waals surface area contributed by atoms with E-state index in [0.29, 0.717) is 12.9 Å². The van der Waals surface area contributed by atoms with Gasteiger partial charge in [-0.3, -0.25) is 14.8 Å². The van der Waals surface area contributed by atoms with E-state index in [1.807, 2.05) is 6.07 Å². The summed E-state index contributed by atoms with van der Waals surface area (Å²) in [5.41, 5.74) is 1.32. The number of unbranched alkanes of at least 4 members (excludes halogenated alkanes) is 1. The van der Waals surface area contributed by atoms with Gasteiger partial charge in [-0.05, 0) is 56.5 Å². The topological polar surface area (TPSA) is 71.1 Å². The molecule has 2 aromatic rings. The summed E-state index contributed by atoms with van der Waals surface area (Å²) in [7, 11) is 0. The first-order valence-corrected chi connectivity index (χ1v) is 9.14. The molecule has 6 nitrogen and oxygen atoms in total. The van der Waals surface area contributed by atoms with Crippen LogP contribution in [0.2, 0.25) is 0 Å². The van der Waals surface area contributed by atoms with E-state index >= 15 is 0 Å². The molecule has 6 heteroatoms. The van der Waals surface area contributed by atoms with Gasteiger partial charge in [0.25, 0.3) is 0 Å². The number of aryl methyl sites for hydroxylation is 1. The number of H-pyrrole nitrogens is 1. The SMILES string of the molecule is O=Cc1n[nH]c(CCCCOc2cccc(CN3CCCCC3)c2)n1. The lowest BCUT2D eigenvalue weighted by Gasteiger charge is -2.26. The second kappa shape index (κ2) is 9.32. The number of ether oxygens (including phenoxy) is 1. The number of benzene rings is 1. The number of carbonyl (C=O) groups is 1. The number of hydrogen-bond donors (Lipinski definition) is 1. The highest BCUT2D eigenvalue weighted by Crippen LogP contribution is 2.18. The van der Waals surface area contributed by atoms with Crippen LogP contribution in [0.5, 0.6) is 5.75 Å². The van der Waals surface area contributed by atoms with Crippen LogP contribution in [-0.4, -0.2) is 46.1 Å². The zero-order valence-electron chi connectivity index (χ0n) is 14.6. The molecule has 1 aliphatic heterocycles. The zero-order chi connectivity index (χ0) is 17.3. The number of rotatable bonds is 9. The molecule has 0 saturated carbocycles. The number of aromatic amines is 1. The summed E-state index contributed by atoms with van der Waals surface area (Å²) < 4.78 is 5.88. The summed E-state index contributed by atoms with van der Waals surface area (Å²) in [6.07, 6.45) is 7.31. The molecule has 134 valence electrons. The van der Waals surface area contributed by atoms with Gasteiger partial charge in [0.2, 0.25) is 5.82 Å². The average Bonchev–Trinajstić information content (AvgIpc) is 3.11. The largest absolute Gasteiger partial charge is 0.494 e. The fourth-order valence-electron chi connectivity index (χ4n) is 3.17. The van der Waals surface area contributed by atoms with Crippen molar-refractivity contribution in [2.75, 3.05) is 19.7 Å². The molecular formula is C19H26N4O2. The van der Waals surface area contributed by atoms with Gasteiger partial charge in [0.15, 0.2) is 6.29 Å². The van der Waals surface area contributed by atoms with Crippen LogP contribution in [0, 0.1) is 0 Å². The third kappa shape index (κ3) is 5.67. The summed E-state index contributed by atoms with van der Waals surface area (Å²) in [6, 6.07) is 8.42. The van der Waals surface area contributed by atoms with Crippen molar-refractivity contribution in [1.82, 2.24) is 20.1 Å². The normalized spacial score (nSPS) is 15.2. The minimum atomic E-state index is 0.219. The molecule has 0 amide bonds. The smallest absolute Gasteiger partial charge is 0.214 e. The molecule has 0 bridgehead atoms. The second-order valence-corrected chi connectivity index (χ2v) is 6.55. The Labute approximate surface area is 148 Å². The van der Waals surface area contributed by atoms with Crippen LogP contribution < -0.4 is 4.74 Å². The standard InChI is InChI=1S/C19H26N4O2/c24-15-19-20-18(21-22-19)9-2-5-12-25-17-8-6-7-16(13-17)14-23-10-3-1-4-11-23/h6-8,13,15H,1-5,9-12,14H2,(H,20,21,22). The Morgan fingerprint density at radius 2 is 2.08 bits per heavy atom. The Kier molecular flexibility index (Phi) is 6.56. The van der Waals surface area contributed by atoms with Gasteiger partial charge in [-0.2, -0.15) is 5.10 Å². The molecule has 1 aromatic carbocycles. The lowest BCUT2D eigenvalue weighted by molar-refractivity contribution is 0.111. The number of nitrogens with one attached hydrogen (secondary N) is 1. The number of aromatic nitrogens is 3. The molecule has 2 heterocycles. The van der Waals surface area contributed by atoms with Crippen LogP contribution in [0.3, 0.4) is 0 Å². The summed E-state index contributed by atoms with van der Waals surface area (Å²) in [5.74, 6) is 1.92. The maximum absolute atomic E-state index is 10.5. The van der Waals surface area contributed by atoms with E-state index in [9.17, 15) is 4.79 Å². The van der Waals surface area contributed by atoms with Crippen molar-refractivity contribution in [2.24, 2.45) is 0 Å². The molecule has 0 unspecified atom stereocenters. The maximum Gasteiger partial charge on any atom is 0.214 e. The molecule has 0 spiro atoms. The number of likely N-dealkylation sites (tertiary alicyclic amines) is 1. The van der Waals surface area contributed by atoms with Gasteiger partial charge in [0.05, 0.1) is 6.61 Å². The van der Waals surface area contributed by atoms with Gasteiger partial charge in [-0.1, -0.05) is 18.6 Å². The monoisotopic (exact) mass is 342 g/mol. The molecular weight excluding hydrogens is 316 g/mol. The van der Waals surface area contributed by atoms with Crippen molar-refractivity contribution >= 4 is 6.29 Å². The lowest BCUT2D eigenvalue weighted by Crippen LogP contribution is -2.29. The van der Waals surface area contributed by atoms with Crippen LogP contribution in [0.1, 0.15) is 54.1 Å². The Balaban J connectivity index is 1.37. The Bertz CT molecular complexity index is 665. The highest BCUT2D eigenvalue weighted by molar-refractivity contribution is 5.68. The molecule has 1 aliphatic rings. The molecule has 1 saturated heterocycles. The molecule has 1 aromatic heterocycles. The van der Waals surface area contributed by atoms with Gasteiger partial charge < -0.3 is 4.74 Å². The number of aldehydes is 1. The van der Waals surface area contributed by atoms with E-state index < -0.39 is 0 Å². The highest BCUT2D eigenvalue weighted by atomic mass is 16.5. The number of carbonyl (C=O) groups excluding carboxylic acids is 1. The van der Waals surface area contributed by atoms with E-state index in [4.69, 9.17) is 4.74 Å². The second-order valence-electron chi connectivity index (χ2n) is 6.55. The number of piperidine rings is 1. The molecule has 3 rings (SSSR count). The molecule has 0 atom stereocenters. The van der Waals surface area contributed by atoms with Crippen LogP contribution in [0.15, 0.2) is 24.3 Å². The molecule has 0 aliphatic carbocycles. The zero-order valence-corrected chi connectivity index (χ0v) is 14.6. The lowest BCUT2D eigenvalue weighted by atomic mass is 10.1. The third-order valence-corrected chi connectivity index (χ3v) is 4.48. The van der Waals surface area contributed by atoms with Crippen LogP contribution in [0.25, 0.3) is 0 Å². The molecule has 25 heavy (non-hydrogen) atoms. The van der Waals surface area contributed by atoms with E-state index in [1.165, 1.54) is 37.9 Å². The predicted molar refractivity (Wildman–Crippen MR) is 95.8 cm³/mol.